The van der Waals surface area contributed by atoms with Crippen LogP contribution in [-0.2, 0) is 12.0 Å². The van der Waals surface area contributed by atoms with Gasteiger partial charge in [0.05, 0.1) is 12.0 Å². The van der Waals surface area contributed by atoms with Gasteiger partial charge in [-0.25, -0.2) is 4.98 Å². The predicted octanol–water partition coefficient (Wildman–Crippen LogP) is 7.78. The number of imidazole rings is 1. The van der Waals surface area contributed by atoms with Crippen molar-refractivity contribution in [3.63, 3.8) is 0 Å². The van der Waals surface area contributed by atoms with Gasteiger partial charge in [-0.2, -0.15) is 0 Å². The van der Waals surface area contributed by atoms with E-state index in [0.717, 1.165) is 18.5 Å². The largest absolute Gasteiger partial charge is 0.318 e. The second-order valence-electron chi connectivity index (χ2n) is 9.20. The molecule has 1 aliphatic carbocycles. The van der Waals surface area contributed by atoms with Gasteiger partial charge >= 0.3 is 0 Å². The molecule has 1 aliphatic rings. The van der Waals surface area contributed by atoms with Gasteiger partial charge < -0.3 is 4.57 Å². The standard InChI is InChI=1S/C32H28N2S/c1-23-28-19-12-20-29(31(28)24(2)35-23)30-21-34(22-33-30)32(25-13-6-3-7-14-25,26-15-8-4-9-16-26)27-17-10-5-11-18-27/h3-11,13-18,20-22H,12,19H2,1-2H3. The lowest BCUT2D eigenvalue weighted by Gasteiger charge is -2.37. The highest BCUT2D eigenvalue weighted by Crippen LogP contribution is 2.43. The lowest BCUT2D eigenvalue weighted by molar-refractivity contribution is 0.514. The van der Waals surface area contributed by atoms with Gasteiger partial charge in [0.1, 0.15) is 5.54 Å². The van der Waals surface area contributed by atoms with Crippen molar-refractivity contribution in [3.8, 4) is 0 Å². The fourth-order valence-corrected chi connectivity index (χ4v) is 6.83. The van der Waals surface area contributed by atoms with Crippen molar-refractivity contribution in [3.05, 3.63) is 153 Å². The Morgan fingerprint density at radius 1 is 0.743 bits per heavy atom. The molecule has 2 aromatic heterocycles. The highest BCUT2D eigenvalue weighted by atomic mass is 32.1. The van der Waals surface area contributed by atoms with Crippen molar-refractivity contribution in [2.75, 3.05) is 0 Å². The predicted molar refractivity (Wildman–Crippen MR) is 146 cm³/mol. The summed E-state index contributed by atoms with van der Waals surface area (Å²) in [6.45, 7) is 4.50. The maximum Gasteiger partial charge on any atom is 0.121 e. The van der Waals surface area contributed by atoms with E-state index in [-0.39, 0.29) is 0 Å². The van der Waals surface area contributed by atoms with Gasteiger partial charge in [-0.1, -0.05) is 97.1 Å². The fourth-order valence-electron chi connectivity index (χ4n) is 5.71. The van der Waals surface area contributed by atoms with Crippen LogP contribution in [0.15, 0.2) is 110 Å². The van der Waals surface area contributed by atoms with Gasteiger partial charge in [-0.05, 0) is 48.9 Å². The molecular formula is C32H28N2S. The number of aromatic nitrogens is 2. The number of hydrogen-bond acceptors (Lipinski definition) is 2. The number of fused-ring (bicyclic) bond motifs is 1. The summed E-state index contributed by atoms with van der Waals surface area (Å²) in [5.41, 5.74) is 8.31. The van der Waals surface area contributed by atoms with Crippen molar-refractivity contribution in [1.82, 2.24) is 9.55 Å². The maximum absolute atomic E-state index is 5.03. The van der Waals surface area contributed by atoms with E-state index in [1.54, 1.807) is 0 Å². The van der Waals surface area contributed by atoms with E-state index in [2.05, 4.69) is 122 Å². The molecule has 0 radical (unpaired) electrons. The summed E-state index contributed by atoms with van der Waals surface area (Å²) >= 11 is 1.91. The van der Waals surface area contributed by atoms with Crippen LogP contribution in [0.3, 0.4) is 0 Å². The molecule has 0 saturated heterocycles. The minimum absolute atomic E-state index is 0.535. The van der Waals surface area contributed by atoms with Crippen molar-refractivity contribution < 1.29 is 0 Å². The fraction of sp³-hybridized carbons (Fsp3) is 0.156. The summed E-state index contributed by atoms with van der Waals surface area (Å²) in [5.74, 6) is 0. The third-order valence-electron chi connectivity index (χ3n) is 7.22. The van der Waals surface area contributed by atoms with Crippen molar-refractivity contribution in [1.29, 1.82) is 0 Å². The Hall–Kier alpha value is -3.69. The number of aryl methyl sites for hydroxylation is 2. The second-order valence-corrected chi connectivity index (χ2v) is 10.6. The van der Waals surface area contributed by atoms with Crippen LogP contribution >= 0.6 is 11.3 Å². The summed E-state index contributed by atoms with van der Waals surface area (Å²) in [5, 5.41) is 0. The molecule has 0 amide bonds. The monoisotopic (exact) mass is 472 g/mol. The summed E-state index contributed by atoms with van der Waals surface area (Å²) in [6.07, 6.45) is 8.83. The summed E-state index contributed by atoms with van der Waals surface area (Å²) in [4.78, 5) is 7.86. The van der Waals surface area contributed by atoms with E-state index in [1.165, 1.54) is 43.1 Å². The Labute approximate surface area is 211 Å². The molecule has 0 fully saturated rings. The van der Waals surface area contributed by atoms with Gasteiger partial charge in [0, 0.05) is 27.1 Å². The lowest BCUT2D eigenvalue weighted by atomic mass is 9.76. The lowest BCUT2D eigenvalue weighted by Crippen LogP contribution is -2.36. The highest BCUT2D eigenvalue weighted by Gasteiger charge is 2.38. The van der Waals surface area contributed by atoms with Crippen LogP contribution in [0.1, 0.15) is 49.7 Å². The van der Waals surface area contributed by atoms with Crippen molar-refractivity contribution >= 4 is 16.9 Å². The quantitative estimate of drug-likeness (QED) is 0.239. The van der Waals surface area contributed by atoms with Crippen molar-refractivity contribution in [2.45, 2.75) is 32.2 Å². The Balaban J connectivity index is 1.61. The van der Waals surface area contributed by atoms with Crippen molar-refractivity contribution in [2.24, 2.45) is 0 Å². The zero-order valence-electron chi connectivity index (χ0n) is 20.1. The van der Waals surface area contributed by atoms with Gasteiger partial charge in [-0.3, -0.25) is 0 Å². The molecule has 0 saturated carbocycles. The SMILES string of the molecule is Cc1sc(C)c2c1CCC=C2c1cn(C(c2ccccc2)(c2ccccc2)c2ccccc2)cn1. The first-order valence-corrected chi connectivity index (χ1v) is 13.0. The first-order chi connectivity index (χ1) is 17.2. The van der Waals surface area contributed by atoms with Crippen LogP contribution in [-0.4, -0.2) is 9.55 Å². The van der Waals surface area contributed by atoms with Gasteiger partial charge in [-0.15, -0.1) is 11.3 Å². The topological polar surface area (TPSA) is 17.8 Å². The van der Waals surface area contributed by atoms with Gasteiger partial charge in [0.15, 0.2) is 0 Å². The number of hydrogen-bond donors (Lipinski definition) is 0. The highest BCUT2D eigenvalue weighted by molar-refractivity contribution is 7.12. The van der Waals surface area contributed by atoms with E-state index in [9.17, 15) is 0 Å². The van der Waals surface area contributed by atoms with Crippen LogP contribution < -0.4 is 0 Å². The molecule has 172 valence electrons. The van der Waals surface area contributed by atoms with E-state index < -0.39 is 5.54 Å². The minimum atomic E-state index is -0.535. The number of rotatable bonds is 5. The molecule has 0 bridgehead atoms. The number of thiophene rings is 1. The van der Waals surface area contributed by atoms with Crippen LogP contribution in [0.25, 0.3) is 5.57 Å². The van der Waals surface area contributed by atoms with Crippen LogP contribution in [0.5, 0.6) is 0 Å². The first-order valence-electron chi connectivity index (χ1n) is 12.2. The summed E-state index contributed by atoms with van der Waals surface area (Å²) in [7, 11) is 0. The molecule has 35 heavy (non-hydrogen) atoms. The zero-order valence-corrected chi connectivity index (χ0v) is 20.9. The molecule has 0 spiro atoms. The number of benzene rings is 3. The average molecular weight is 473 g/mol. The van der Waals surface area contributed by atoms with Crippen LogP contribution in [0, 0.1) is 13.8 Å². The Bertz CT molecular complexity index is 1390. The molecule has 3 aromatic carbocycles. The molecule has 0 unspecified atom stereocenters. The van der Waals surface area contributed by atoms with E-state index in [1.807, 2.05) is 17.7 Å². The molecule has 3 heteroatoms. The Morgan fingerprint density at radius 3 is 1.83 bits per heavy atom. The van der Waals surface area contributed by atoms with Crippen LogP contribution in [0.4, 0.5) is 0 Å². The molecule has 2 heterocycles. The third kappa shape index (κ3) is 3.50. The molecule has 6 rings (SSSR count). The maximum atomic E-state index is 5.03. The molecule has 0 atom stereocenters. The average Bonchev–Trinajstić information content (AvgIpc) is 3.52. The zero-order chi connectivity index (χ0) is 23.8. The van der Waals surface area contributed by atoms with E-state index >= 15 is 0 Å². The van der Waals surface area contributed by atoms with Crippen LogP contribution in [0.2, 0.25) is 0 Å². The Morgan fingerprint density at radius 2 is 1.29 bits per heavy atom. The summed E-state index contributed by atoms with van der Waals surface area (Å²) in [6, 6.07) is 32.4. The summed E-state index contributed by atoms with van der Waals surface area (Å²) < 4.78 is 2.31. The smallest absolute Gasteiger partial charge is 0.121 e. The minimum Gasteiger partial charge on any atom is -0.318 e. The first kappa shape index (κ1) is 21.8. The molecule has 2 nitrogen and oxygen atoms in total. The van der Waals surface area contributed by atoms with E-state index in [0.29, 0.717) is 0 Å². The van der Waals surface area contributed by atoms with E-state index in [4.69, 9.17) is 4.98 Å². The Kier molecular flexibility index (Phi) is 5.50. The molecular weight excluding hydrogens is 444 g/mol. The van der Waals surface area contributed by atoms with Gasteiger partial charge in [0.2, 0.25) is 0 Å². The molecule has 5 aromatic rings. The third-order valence-corrected chi connectivity index (χ3v) is 8.28. The molecule has 0 N–H and O–H groups in total. The van der Waals surface area contributed by atoms with Gasteiger partial charge in [0.25, 0.3) is 0 Å². The normalized spacial score (nSPS) is 13.4. The molecule has 0 aliphatic heterocycles. The second kappa shape index (κ2) is 8.83. The number of nitrogens with zero attached hydrogens (tertiary/aromatic N) is 2. The number of allylic oxidation sites excluding steroid dienone is 1.